The van der Waals surface area contributed by atoms with Crippen molar-refractivity contribution in [2.45, 2.75) is 0 Å². The van der Waals surface area contributed by atoms with Crippen LogP contribution in [0.3, 0.4) is 0 Å². The van der Waals surface area contributed by atoms with E-state index in [0.717, 1.165) is 0 Å². The van der Waals surface area contributed by atoms with Gasteiger partial charge in [-0.1, -0.05) is 11.6 Å². The molecule has 0 aliphatic rings. The van der Waals surface area contributed by atoms with E-state index in [1.807, 2.05) is 0 Å². The predicted molar refractivity (Wildman–Crippen MR) is 38.0 cm³/mol. The molecule has 0 saturated heterocycles. The first-order chi connectivity index (χ1) is 4.63. The number of rotatable bonds is 2. The highest BCUT2D eigenvalue weighted by molar-refractivity contribution is 7.62. The van der Waals surface area contributed by atoms with Gasteiger partial charge in [0.15, 0.2) is 0 Å². The molecule has 4 N–H and O–H groups in total. The first-order valence-corrected chi connectivity index (χ1v) is 5.80. The van der Waals surface area contributed by atoms with Crippen LogP contribution >= 0.6 is 26.8 Å². The second-order valence-corrected chi connectivity index (χ2v) is 5.26. The van der Waals surface area contributed by atoms with Gasteiger partial charge >= 0.3 is 15.2 Å². The van der Waals surface area contributed by atoms with Crippen LogP contribution < -0.4 is 0 Å². The Balaban J connectivity index is 4.78. The molecule has 0 aliphatic carbocycles. The zero-order valence-electron chi connectivity index (χ0n) is 4.96. The summed E-state index contributed by atoms with van der Waals surface area (Å²) in [6.07, 6.45) is 0. The molecule has 0 bridgehead atoms. The highest BCUT2D eigenvalue weighted by atomic mass is 35.5. The first-order valence-electron chi connectivity index (χ1n) is 2.12. The monoisotopic (exact) mass is 222 g/mol. The van der Waals surface area contributed by atoms with E-state index < -0.39 is 20.0 Å². The third-order valence-electron chi connectivity index (χ3n) is 0.553. The van der Waals surface area contributed by atoms with Crippen molar-refractivity contribution in [2.24, 2.45) is 0 Å². The summed E-state index contributed by atoms with van der Waals surface area (Å²) in [5.74, 6) is 0.0231. The quantitative estimate of drug-likeness (QED) is 0.502. The van der Waals surface area contributed by atoms with Crippen LogP contribution in [0.15, 0.2) is 10.6 Å². The summed E-state index contributed by atoms with van der Waals surface area (Å²) in [5, 5.41) is 0. The second-order valence-electron chi connectivity index (χ2n) is 1.58. The van der Waals surface area contributed by atoms with Gasteiger partial charge in [-0.25, -0.2) is 0 Å². The topological polar surface area (TPSA) is 115 Å². The average Bonchev–Trinajstić information content (AvgIpc) is 1.56. The van der Waals surface area contributed by atoms with Crippen molar-refractivity contribution >= 4 is 26.8 Å². The Kier molecular flexibility index (Phi) is 3.47. The number of hydrogen-bond acceptors (Lipinski definition) is 2. The molecule has 0 aromatic heterocycles. The minimum absolute atomic E-state index is 0.0231. The van der Waals surface area contributed by atoms with Crippen LogP contribution in [-0.4, -0.2) is 19.6 Å². The zero-order valence-corrected chi connectivity index (χ0v) is 7.50. The largest absolute Gasteiger partial charge is 0.367 e. The Morgan fingerprint density at radius 3 is 1.64 bits per heavy atom. The van der Waals surface area contributed by atoms with Gasteiger partial charge in [0.1, 0.15) is 4.77 Å². The van der Waals surface area contributed by atoms with Gasteiger partial charge in [0.05, 0.1) is 5.82 Å². The fourth-order valence-corrected chi connectivity index (χ4v) is 1.93. The van der Waals surface area contributed by atoms with E-state index in [1.165, 1.54) is 0 Å². The highest BCUT2D eigenvalue weighted by Gasteiger charge is 2.22. The van der Waals surface area contributed by atoms with Gasteiger partial charge in [0, 0.05) is 0 Å². The highest BCUT2D eigenvalue weighted by Crippen LogP contribution is 2.52. The lowest BCUT2D eigenvalue weighted by Gasteiger charge is -2.01. The third kappa shape index (κ3) is 5.58. The maximum absolute atomic E-state index is 10.2. The first kappa shape index (κ1) is 11.3. The summed E-state index contributed by atoms with van der Waals surface area (Å²) in [4.78, 5) is 32.8. The predicted octanol–water partition coefficient (Wildman–Crippen LogP) is 0.380. The van der Waals surface area contributed by atoms with Crippen LogP contribution in [0, 0.1) is 0 Å². The summed E-state index contributed by atoms with van der Waals surface area (Å²) >= 11 is 4.85. The molecule has 0 unspecified atom stereocenters. The SMILES string of the molecule is O=P(O)(O)/C=C(/Cl)P(=O)(O)O. The molecule has 0 spiro atoms. The zero-order chi connectivity index (χ0) is 9.28. The van der Waals surface area contributed by atoms with Gasteiger partial charge in [0.25, 0.3) is 0 Å². The van der Waals surface area contributed by atoms with Gasteiger partial charge in [-0.05, 0) is 0 Å². The Bertz CT molecular complexity index is 258. The van der Waals surface area contributed by atoms with E-state index in [1.54, 1.807) is 0 Å². The lowest BCUT2D eigenvalue weighted by molar-refractivity contribution is 0.378. The van der Waals surface area contributed by atoms with Crippen LogP contribution in [0.5, 0.6) is 0 Å². The maximum atomic E-state index is 10.2. The normalized spacial score (nSPS) is 15.2. The minimum Gasteiger partial charge on any atom is -0.321 e. The fraction of sp³-hybridized carbons (Fsp3) is 0. The molecule has 0 aliphatic heterocycles. The molecule has 0 heterocycles. The minimum atomic E-state index is -4.72. The molecule has 0 saturated carbocycles. The molecule has 9 heteroatoms. The molecule has 0 aromatic rings. The van der Waals surface area contributed by atoms with Crippen LogP contribution in [0.4, 0.5) is 0 Å². The average molecular weight is 222 g/mol. The van der Waals surface area contributed by atoms with Crippen molar-refractivity contribution in [1.82, 2.24) is 0 Å². The van der Waals surface area contributed by atoms with Crippen molar-refractivity contribution in [2.75, 3.05) is 0 Å². The van der Waals surface area contributed by atoms with Crippen molar-refractivity contribution in [3.63, 3.8) is 0 Å². The molecule has 0 aromatic carbocycles. The molecular weight excluding hydrogens is 217 g/mol. The molecule has 6 nitrogen and oxygen atoms in total. The molecule has 66 valence electrons. The molecular formula is C2H5ClO6P2. The summed E-state index contributed by atoms with van der Waals surface area (Å²) in [5.41, 5.74) is 0. The summed E-state index contributed by atoms with van der Waals surface area (Å²) in [6.45, 7) is 0. The Morgan fingerprint density at radius 2 is 1.55 bits per heavy atom. The Morgan fingerprint density at radius 1 is 1.18 bits per heavy atom. The van der Waals surface area contributed by atoms with Crippen LogP contribution in [0.25, 0.3) is 0 Å². The second kappa shape index (κ2) is 3.37. The molecule has 0 amide bonds. The van der Waals surface area contributed by atoms with Crippen molar-refractivity contribution in [3.05, 3.63) is 10.6 Å². The smallest absolute Gasteiger partial charge is 0.321 e. The Labute approximate surface area is 66.8 Å². The summed E-state index contributed by atoms with van der Waals surface area (Å²) in [6, 6.07) is 0. The molecule has 0 fully saturated rings. The van der Waals surface area contributed by atoms with Gasteiger partial charge in [0.2, 0.25) is 0 Å². The van der Waals surface area contributed by atoms with Crippen molar-refractivity contribution in [3.8, 4) is 0 Å². The molecule has 11 heavy (non-hydrogen) atoms. The third-order valence-corrected chi connectivity index (χ3v) is 2.96. The molecule has 0 radical (unpaired) electrons. The van der Waals surface area contributed by atoms with Crippen LogP contribution in [0.1, 0.15) is 0 Å². The van der Waals surface area contributed by atoms with E-state index >= 15 is 0 Å². The lowest BCUT2D eigenvalue weighted by Crippen LogP contribution is -1.78. The van der Waals surface area contributed by atoms with E-state index in [0.29, 0.717) is 0 Å². The van der Waals surface area contributed by atoms with E-state index in [-0.39, 0.29) is 5.82 Å². The van der Waals surface area contributed by atoms with E-state index in [4.69, 9.17) is 31.2 Å². The lowest BCUT2D eigenvalue weighted by atomic mass is 11.2. The molecule has 0 atom stereocenters. The summed E-state index contributed by atoms with van der Waals surface area (Å²) in [7, 11) is -9.32. The number of halogens is 1. The van der Waals surface area contributed by atoms with Crippen molar-refractivity contribution < 1.29 is 28.7 Å². The van der Waals surface area contributed by atoms with Crippen molar-refractivity contribution in [1.29, 1.82) is 0 Å². The van der Waals surface area contributed by atoms with E-state index in [9.17, 15) is 9.13 Å². The standard InChI is InChI=1S/C2H5ClO6P2/c3-2(11(7,8)9)1-10(4,5)6/h1H,(H2,4,5,6)(H2,7,8,9)/b2-1-. The number of hydrogen-bond donors (Lipinski definition) is 4. The van der Waals surface area contributed by atoms with Gasteiger partial charge in [-0.15, -0.1) is 0 Å². The maximum Gasteiger partial charge on any atom is 0.367 e. The van der Waals surface area contributed by atoms with Crippen LogP contribution in [-0.2, 0) is 9.13 Å². The summed E-state index contributed by atoms with van der Waals surface area (Å²) < 4.78 is 19.1. The van der Waals surface area contributed by atoms with Gasteiger partial charge in [-0.2, -0.15) is 0 Å². The fourth-order valence-electron chi connectivity index (χ4n) is 0.214. The van der Waals surface area contributed by atoms with Crippen LogP contribution in [0.2, 0.25) is 0 Å². The van der Waals surface area contributed by atoms with E-state index in [2.05, 4.69) is 0 Å². The molecule has 0 rings (SSSR count). The van der Waals surface area contributed by atoms with Gasteiger partial charge in [-0.3, -0.25) is 9.13 Å². The van der Waals surface area contributed by atoms with Gasteiger partial charge < -0.3 is 19.6 Å². The Hall–Kier alpha value is 0.330.